The van der Waals surface area contributed by atoms with Crippen LogP contribution in [0.15, 0.2) is 0 Å². The zero-order valence-electron chi connectivity index (χ0n) is 4.30. The number of hydrogen-bond donors (Lipinski definition) is 2. The van der Waals surface area contributed by atoms with E-state index in [0.717, 1.165) is 0 Å². The van der Waals surface area contributed by atoms with Crippen LogP contribution in [0.4, 0.5) is 4.79 Å². The third kappa shape index (κ3) is 82300. The molecule has 0 aromatic carbocycles. The summed E-state index contributed by atoms with van der Waals surface area (Å²) in [5, 5.41) is 13.9. The predicted molar refractivity (Wildman–Crippen MR) is 35.9 cm³/mol. The summed E-state index contributed by atoms with van der Waals surface area (Å²) in [6.07, 6.45) is -1.83. The third-order valence-corrected chi connectivity index (χ3v) is 0. The molecule has 12 N–H and O–H groups in total. The molecule has 0 saturated carbocycles. The Kier molecular flexibility index (Phi) is 551. The molecule has 0 aliphatic rings. The van der Waals surface area contributed by atoms with Crippen LogP contribution in [0, 0.1) is 0 Å². The molecule has 0 aliphatic heterocycles. The Bertz CT molecular complexity index is 32.2. The predicted octanol–water partition coefficient (Wildman–Crippen LogP) is -4.55. The Morgan fingerprint density at radius 2 is 0.800 bits per heavy atom. The first-order valence-corrected chi connectivity index (χ1v) is 0.651. The van der Waals surface area contributed by atoms with Gasteiger partial charge in [0.15, 0.2) is 0 Å². The van der Waals surface area contributed by atoms with E-state index in [9.17, 15) is 0 Å². The van der Waals surface area contributed by atoms with E-state index in [1.165, 1.54) is 0 Å². The van der Waals surface area contributed by atoms with Gasteiger partial charge < -0.3 is 37.6 Å². The van der Waals surface area contributed by atoms with Crippen LogP contribution in [-0.2, 0) is 0 Å². The molecule has 0 heterocycles. The van der Waals surface area contributed by atoms with E-state index in [4.69, 9.17) is 15.0 Å². The van der Waals surface area contributed by atoms with Crippen LogP contribution in [0.2, 0.25) is 0 Å². The average molecular weight is 176 g/mol. The molecule has 0 bridgehead atoms. The van der Waals surface area contributed by atoms with Crippen molar-refractivity contribution in [2.24, 2.45) is 0 Å². The minimum absolute atomic E-state index is 0. The fourth-order valence-corrected chi connectivity index (χ4v) is 0. The molecule has 0 rings (SSSR count). The Balaban J connectivity index is -0.00000000300. The molecule has 0 spiro atoms. The van der Waals surface area contributed by atoms with Gasteiger partial charge in [-0.05, 0) is 0 Å². The van der Waals surface area contributed by atoms with Crippen molar-refractivity contribution in [1.82, 2.24) is 0 Å². The van der Waals surface area contributed by atoms with Crippen LogP contribution in [0.3, 0.4) is 0 Å². The molecular weight excluding hydrogens is 163 g/mol. The van der Waals surface area contributed by atoms with Gasteiger partial charge in [0.2, 0.25) is 0 Å². The van der Waals surface area contributed by atoms with Gasteiger partial charge >= 0.3 is 35.7 Å². The molecule has 0 aromatic heterocycles. The second kappa shape index (κ2) is 62.7. The van der Waals surface area contributed by atoms with Gasteiger partial charge in [0.05, 0.1) is 0 Å². The van der Waals surface area contributed by atoms with Crippen molar-refractivity contribution >= 4 is 35.7 Å². The molecule has 0 amide bonds. The molecule has 0 fully saturated rings. The number of hydrogen-bond acceptors (Lipinski definition) is 1. The molecule has 0 aromatic rings. The normalized spacial score (nSPS) is 2.40. The van der Waals surface area contributed by atoms with Crippen molar-refractivity contribution in [2.75, 3.05) is 0 Å². The maximum absolute atomic E-state index is 8.56. The van der Waals surface area contributed by atoms with Crippen molar-refractivity contribution in [3.05, 3.63) is 0 Å². The summed E-state index contributed by atoms with van der Waals surface area (Å²) in [5.74, 6) is 0. The molecule has 9 heteroatoms. The molecule has 0 aliphatic carbocycles. The average Bonchev–Trinajstić information content (AvgIpc) is 0.811. The number of rotatable bonds is 0. The van der Waals surface area contributed by atoms with Crippen molar-refractivity contribution in [2.45, 2.75) is 0 Å². The van der Waals surface area contributed by atoms with Crippen LogP contribution >= 0.6 is 0 Å². The summed E-state index contributed by atoms with van der Waals surface area (Å²) < 4.78 is 0. The molecule has 66 valence electrons. The van der Waals surface area contributed by atoms with E-state index in [1.807, 2.05) is 0 Å². The second-order valence-corrected chi connectivity index (χ2v) is 0.283. The SMILES string of the molecule is O.O.O.O.O.O=C(O)O.[NaH]. The number of carbonyl (C=O) groups is 1. The second-order valence-electron chi connectivity index (χ2n) is 0.283. The fraction of sp³-hybridized carbons (Fsp3) is 0. The first-order chi connectivity index (χ1) is 1.73. The van der Waals surface area contributed by atoms with E-state index < -0.39 is 6.16 Å². The summed E-state index contributed by atoms with van der Waals surface area (Å²) in [4.78, 5) is 8.56. The minimum atomic E-state index is -1.83. The number of carboxylic acid groups (broad SMARTS) is 2. The van der Waals surface area contributed by atoms with Gasteiger partial charge in [-0.3, -0.25) is 0 Å². The Hall–Kier alpha value is 0.0700. The third-order valence-electron chi connectivity index (χ3n) is 0. The molecule has 0 unspecified atom stereocenters. The zero-order chi connectivity index (χ0) is 3.58. The van der Waals surface area contributed by atoms with Crippen LogP contribution in [0.1, 0.15) is 0 Å². The summed E-state index contributed by atoms with van der Waals surface area (Å²) in [6.45, 7) is 0. The van der Waals surface area contributed by atoms with E-state index in [0.29, 0.717) is 0 Å². The molecule has 10 heavy (non-hydrogen) atoms. The Morgan fingerprint density at radius 1 is 0.800 bits per heavy atom. The Labute approximate surface area is 78.3 Å². The van der Waals surface area contributed by atoms with Gasteiger partial charge in [-0.25, -0.2) is 4.79 Å². The van der Waals surface area contributed by atoms with E-state index in [1.54, 1.807) is 0 Å². The standard InChI is InChI=1S/CH2O3.Na.5H2O.H/c2-1(3)4;;;;;;;/h(H2,2,3,4);;5*1H2;. The van der Waals surface area contributed by atoms with Gasteiger partial charge in [0, 0.05) is 0 Å². The van der Waals surface area contributed by atoms with Gasteiger partial charge in [0.1, 0.15) is 0 Å². The van der Waals surface area contributed by atoms with Crippen molar-refractivity contribution in [1.29, 1.82) is 0 Å². The van der Waals surface area contributed by atoms with Gasteiger partial charge in [-0.15, -0.1) is 0 Å². The van der Waals surface area contributed by atoms with Crippen LogP contribution in [-0.4, -0.2) is 73.3 Å². The van der Waals surface area contributed by atoms with E-state index in [2.05, 4.69) is 0 Å². The first-order valence-electron chi connectivity index (χ1n) is 0.651. The maximum atomic E-state index is 8.56. The summed E-state index contributed by atoms with van der Waals surface area (Å²) in [7, 11) is 0. The Morgan fingerprint density at radius 3 is 0.800 bits per heavy atom. The fourth-order valence-electron chi connectivity index (χ4n) is 0. The quantitative estimate of drug-likeness (QED) is 0.348. The van der Waals surface area contributed by atoms with Crippen molar-refractivity contribution < 1.29 is 42.4 Å². The summed E-state index contributed by atoms with van der Waals surface area (Å²) in [6, 6.07) is 0. The molecule has 0 radical (unpaired) electrons. The zero-order valence-corrected chi connectivity index (χ0v) is 4.30. The summed E-state index contributed by atoms with van der Waals surface area (Å²) >= 11 is 0. The van der Waals surface area contributed by atoms with Crippen molar-refractivity contribution in [3.8, 4) is 0 Å². The molecule has 8 nitrogen and oxygen atoms in total. The first kappa shape index (κ1) is 87.9. The molecular formula is CH13NaO8. The monoisotopic (exact) mass is 176 g/mol. The van der Waals surface area contributed by atoms with Crippen LogP contribution in [0.25, 0.3) is 0 Å². The summed E-state index contributed by atoms with van der Waals surface area (Å²) in [5.41, 5.74) is 0. The molecule has 0 saturated heterocycles. The van der Waals surface area contributed by atoms with Crippen LogP contribution in [0.5, 0.6) is 0 Å². The van der Waals surface area contributed by atoms with Gasteiger partial charge in [-0.1, -0.05) is 0 Å². The van der Waals surface area contributed by atoms with Crippen LogP contribution < -0.4 is 0 Å². The van der Waals surface area contributed by atoms with Gasteiger partial charge in [0.25, 0.3) is 0 Å². The van der Waals surface area contributed by atoms with Gasteiger partial charge in [-0.2, -0.15) is 0 Å². The van der Waals surface area contributed by atoms with Crippen molar-refractivity contribution in [3.63, 3.8) is 0 Å². The van der Waals surface area contributed by atoms with E-state index >= 15 is 0 Å². The van der Waals surface area contributed by atoms with E-state index in [-0.39, 0.29) is 56.9 Å². The topological polar surface area (TPSA) is 215 Å². The molecule has 0 atom stereocenters.